The van der Waals surface area contributed by atoms with Crippen LogP contribution in [0, 0.1) is 6.92 Å². The van der Waals surface area contributed by atoms with Gasteiger partial charge in [0, 0.05) is 0 Å². The molecule has 0 atom stereocenters. The van der Waals surface area contributed by atoms with E-state index in [9.17, 15) is 0 Å². The maximum absolute atomic E-state index is 5.79. The first-order valence-electron chi connectivity index (χ1n) is 6.74. The fourth-order valence-electron chi connectivity index (χ4n) is 2.12. The van der Waals surface area contributed by atoms with E-state index in [0.29, 0.717) is 6.61 Å². The highest BCUT2D eigenvalue weighted by Crippen LogP contribution is 2.25. The zero-order chi connectivity index (χ0) is 14.9. The van der Waals surface area contributed by atoms with E-state index < -0.39 is 0 Å². The molecule has 4 aromatic rings. The Hall–Kier alpha value is -2.25. The van der Waals surface area contributed by atoms with Crippen molar-refractivity contribution in [3.05, 3.63) is 52.3 Å². The molecule has 3 heterocycles. The van der Waals surface area contributed by atoms with Gasteiger partial charge in [-0.1, -0.05) is 29.5 Å². The molecule has 0 saturated carbocycles. The third-order valence-corrected chi connectivity index (χ3v) is 4.86. The number of ether oxygens (including phenoxy) is 1. The van der Waals surface area contributed by atoms with Gasteiger partial charge in [0.2, 0.25) is 4.96 Å². The zero-order valence-corrected chi connectivity index (χ0v) is 13.4. The van der Waals surface area contributed by atoms with Crippen LogP contribution in [-0.2, 0) is 6.61 Å². The maximum Gasteiger partial charge on any atom is 0.235 e. The zero-order valence-electron chi connectivity index (χ0n) is 11.8. The SMILES string of the molecule is Cc1cccc(OCc2nn3c(-c4cccs4)nnc3s2)c1. The Bertz CT molecular complexity index is 911. The van der Waals surface area contributed by atoms with E-state index in [1.807, 2.05) is 48.7 Å². The van der Waals surface area contributed by atoms with Gasteiger partial charge in [-0.15, -0.1) is 21.5 Å². The number of thiophene rings is 1. The molecule has 0 fully saturated rings. The molecule has 0 saturated heterocycles. The highest BCUT2D eigenvalue weighted by Gasteiger charge is 2.14. The number of rotatable bonds is 4. The van der Waals surface area contributed by atoms with Crippen LogP contribution in [0.15, 0.2) is 41.8 Å². The molecule has 4 rings (SSSR count). The van der Waals surface area contributed by atoms with Crippen LogP contribution in [0.25, 0.3) is 15.7 Å². The molecular weight excluding hydrogens is 316 g/mol. The maximum atomic E-state index is 5.79. The molecule has 7 heteroatoms. The molecular formula is C15H12N4OS2. The summed E-state index contributed by atoms with van der Waals surface area (Å²) in [4.78, 5) is 1.84. The van der Waals surface area contributed by atoms with E-state index in [0.717, 1.165) is 26.4 Å². The minimum absolute atomic E-state index is 0.432. The molecule has 110 valence electrons. The number of hydrogen-bond donors (Lipinski definition) is 0. The van der Waals surface area contributed by atoms with Crippen molar-refractivity contribution in [2.24, 2.45) is 0 Å². The second-order valence-corrected chi connectivity index (χ2v) is 6.78. The van der Waals surface area contributed by atoms with Crippen molar-refractivity contribution in [3.63, 3.8) is 0 Å². The van der Waals surface area contributed by atoms with Crippen LogP contribution in [0.2, 0.25) is 0 Å². The summed E-state index contributed by atoms with van der Waals surface area (Å²) in [5.41, 5.74) is 1.18. The van der Waals surface area contributed by atoms with E-state index in [1.165, 1.54) is 16.9 Å². The van der Waals surface area contributed by atoms with Gasteiger partial charge in [0.15, 0.2) is 10.8 Å². The van der Waals surface area contributed by atoms with Crippen LogP contribution in [0.5, 0.6) is 5.75 Å². The first-order chi connectivity index (χ1) is 10.8. The summed E-state index contributed by atoms with van der Waals surface area (Å²) >= 11 is 3.12. The predicted molar refractivity (Wildman–Crippen MR) is 87.5 cm³/mol. The first-order valence-corrected chi connectivity index (χ1v) is 8.44. The molecule has 0 amide bonds. The molecule has 0 spiro atoms. The summed E-state index contributed by atoms with van der Waals surface area (Å²) in [7, 11) is 0. The van der Waals surface area contributed by atoms with Crippen LogP contribution in [-0.4, -0.2) is 19.8 Å². The molecule has 0 unspecified atom stereocenters. The Kier molecular flexibility index (Phi) is 3.36. The topological polar surface area (TPSA) is 52.3 Å². The molecule has 0 N–H and O–H groups in total. The largest absolute Gasteiger partial charge is 0.486 e. The number of fused-ring (bicyclic) bond motifs is 1. The molecule has 0 radical (unpaired) electrons. The van der Waals surface area contributed by atoms with Gasteiger partial charge in [-0.05, 0) is 36.1 Å². The second kappa shape index (κ2) is 5.51. The van der Waals surface area contributed by atoms with Gasteiger partial charge >= 0.3 is 0 Å². The van der Waals surface area contributed by atoms with E-state index in [-0.39, 0.29) is 0 Å². The summed E-state index contributed by atoms with van der Waals surface area (Å²) in [6.45, 7) is 2.48. The Morgan fingerprint density at radius 3 is 2.95 bits per heavy atom. The van der Waals surface area contributed by atoms with Crippen molar-refractivity contribution >= 4 is 27.6 Å². The van der Waals surface area contributed by atoms with Gasteiger partial charge in [-0.25, -0.2) is 0 Å². The molecule has 0 bridgehead atoms. The van der Waals surface area contributed by atoms with E-state index >= 15 is 0 Å². The van der Waals surface area contributed by atoms with Gasteiger partial charge in [-0.2, -0.15) is 9.61 Å². The van der Waals surface area contributed by atoms with Crippen molar-refractivity contribution in [1.82, 2.24) is 19.8 Å². The Morgan fingerprint density at radius 2 is 2.14 bits per heavy atom. The molecule has 3 aromatic heterocycles. The summed E-state index contributed by atoms with van der Waals surface area (Å²) in [6.07, 6.45) is 0. The fraction of sp³-hybridized carbons (Fsp3) is 0.133. The molecule has 22 heavy (non-hydrogen) atoms. The van der Waals surface area contributed by atoms with Crippen LogP contribution < -0.4 is 4.74 Å². The quantitative estimate of drug-likeness (QED) is 0.572. The van der Waals surface area contributed by atoms with Gasteiger partial charge in [0.05, 0.1) is 4.88 Å². The second-order valence-electron chi connectivity index (χ2n) is 4.80. The predicted octanol–water partition coefficient (Wildman–Crippen LogP) is 3.80. The Morgan fingerprint density at radius 1 is 1.18 bits per heavy atom. The molecule has 0 aliphatic carbocycles. The van der Waals surface area contributed by atoms with Crippen molar-refractivity contribution in [2.75, 3.05) is 0 Å². The smallest absolute Gasteiger partial charge is 0.235 e. The van der Waals surface area contributed by atoms with Crippen LogP contribution in [0.4, 0.5) is 0 Å². The normalized spacial score (nSPS) is 11.1. The van der Waals surface area contributed by atoms with Crippen molar-refractivity contribution < 1.29 is 4.74 Å². The number of aromatic nitrogens is 4. The van der Waals surface area contributed by atoms with Crippen molar-refractivity contribution in [1.29, 1.82) is 0 Å². The molecule has 1 aromatic carbocycles. The summed E-state index contributed by atoms with van der Waals surface area (Å²) in [6, 6.07) is 12.0. The highest BCUT2D eigenvalue weighted by molar-refractivity contribution is 7.16. The highest BCUT2D eigenvalue weighted by atomic mass is 32.1. The minimum atomic E-state index is 0.432. The Balaban J connectivity index is 1.58. The monoisotopic (exact) mass is 328 g/mol. The average Bonchev–Trinajstić information content (AvgIpc) is 3.21. The van der Waals surface area contributed by atoms with E-state index in [4.69, 9.17) is 4.74 Å². The van der Waals surface area contributed by atoms with Gasteiger partial charge in [0.25, 0.3) is 0 Å². The average molecular weight is 328 g/mol. The standard InChI is InChI=1S/C15H12N4OS2/c1-10-4-2-5-11(8-10)20-9-13-18-19-14(12-6-3-7-21-12)16-17-15(19)22-13/h2-8H,9H2,1H3. The van der Waals surface area contributed by atoms with Gasteiger partial charge < -0.3 is 4.74 Å². The lowest BCUT2D eigenvalue weighted by Crippen LogP contribution is -1.97. The lowest BCUT2D eigenvalue weighted by molar-refractivity contribution is 0.304. The van der Waals surface area contributed by atoms with E-state index in [1.54, 1.807) is 15.9 Å². The van der Waals surface area contributed by atoms with Crippen molar-refractivity contribution in [3.8, 4) is 16.5 Å². The minimum Gasteiger partial charge on any atom is -0.486 e. The van der Waals surface area contributed by atoms with Crippen LogP contribution in [0.3, 0.4) is 0 Å². The Labute approximate surface area is 134 Å². The molecule has 0 aliphatic heterocycles. The lowest BCUT2D eigenvalue weighted by atomic mass is 10.2. The number of hydrogen-bond acceptors (Lipinski definition) is 6. The summed E-state index contributed by atoms with van der Waals surface area (Å²) in [5, 5.41) is 15.8. The number of benzene rings is 1. The number of nitrogens with zero attached hydrogens (tertiary/aromatic N) is 4. The van der Waals surface area contributed by atoms with Crippen LogP contribution in [0.1, 0.15) is 10.6 Å². The molecule has 5 nitrogen and oxygen atoms in total. The number of aryl methyl sites for hydroxylation is 1. The van der Waals surface area contributed by atoms with Gasteiger partial charge in [-0.3, -0.25) is 0 Å². The fourth-order valence-corrected chi connectivity index (χ4v) is 3.56. The van der Waals surface area contributed by atoms with Crippen LogP contribution >= 0.6 is 22.7 Å². The first kappa shape index (κ1) is 13.4. The lowest BCUT2D eigenvalue weighted by Gasteiger charge is -2.03. The summed E-state index contributed by atoms with van der Waals surface area (Å²) in [5.74, 6) is 1.63. The van der Waals surface area contributed by atoms with E-state index in [2.05, 4.69) is 15.3 Å². The summed E-state index contributed by atoms with van der Waals surface area (Å²) < 4.78 is 7.57. The van der Waals surface area contributed by atoms with Crippen molar-refractivity contribution in [2.45, 2.75) is 13.5 Å². The third-order valence-electron chi connectivity index (χ3n) is 3.13. The molecule has 0 aliphatic rings. The third kappa shape index (κ3) is 2.49. The van der Waals surface area contributed by atoms with Gasteiger partial charge in [0.1, 0.15) is 12.4 Å².